The molecule has 0 unspecified atom stereocenters. The molecule has 3 heteroatoms. The van der Waals surface area contributed by atoms with E-state index in [1.54, 1.807) is 18.5 Å². The molecule has 0 radical (unpaired) electrons. The van der Waals surface area contributed by atoms with Gasteiger partial charge < -0.3 is 5.73 Å². The van der Waals surface area contributed by atoms with Crippen LogP contribution in [0.2, 0.25) is 0 Å². The van der Waals surface area contributed by atoms with Gasteiger partial charge in [-0.2, -0.15) is 0 Å². The number of aromatic nitrogens is 1. The van der Waals surface area contributed by atoms with Crippen LogP contribution in [0.5, 0.6) is 0 Å². The quantitative estimate of drug-likeness (QED) is 0.463. The fourth-order valence-electron chi connectivity index (χ4n) is 0.632. The second-order valence-electron chi connectivity index (χ2n) is 1.80. The van der Waals surface area contributed by atoms with Gasteiger partial charge in [-0.05, 0) is 6.07 Å². The van der Waals surface area contributed by atoms with E-state index in [0.717, 1.165) is 10.3 Å². The zero-order chi connectivity index (χ0) is 8.69. The first-order valence-corrected chi connectivity index (χ1v) is 3.72. The van der Waals surface area contributed by atoms with Crippen molar-refractivity contribution < 1.29 is 9.94 Å². The molecule has 0 amide bonds. The van der Waals surface area contributed by atoms with Crippen LogP contribution < -0.4 is 10.5 Å². The van der Waals surface area contributed by atoms with E-state index in [0.29, 0.717) is 6.54 Å². The maximum absolute atomic E-state index is 8.81. The van der Waals surface area contributed by atoms with Gasteiger partial charge in [0.2, 0.25) is 12.4 Å². The average molecular weight is 155 g/mol. The van der Waals surface area contributed by atoms with Crippen LogP contribution in [0, 0.1) is 0 Å². The molecule has 3 nitrogen and oxygen atoms in total. The van der Waals surface area contributed by atoms with Crippen molar-refractivity contribution in [1.29, 1.82) is 0 Å². The second kappa shape index (κ2) is 5.68. The summed E-state index contributed by atoms with van der Waals surface area (Å²) >= 11 is 0. The summed E-state index contributed by atoms with van der Waals surface area (Å²) in [6.45, 7) is 4.46. The highest BCUT2D eigenvalue weighted by molar-refractivity contribution is 5.03. The summed E-state index contributed by atoms with van der Waals surface area (Å²) < 4.78 is 0.988. The van der Waals surface area contributed by atoms with Crippen LogP contribution in [-0.2, 0) is 6.54 Å². The van der Waals surface area contributed by atoms with Gasteiger partial charge in [-0.1, -0.05) is 13.8 Å². The van der Waals surface area contributed by atoms with Gasteiger partial charge in [0.25, 0.3) is 0 Å². The molecule has 0 aliphatic rings. The monoisotopic (exact) mass is 155 g/mol. The molecule has 1 aromatic rings. The van der Waals surface area contributed by atoms with Gasteiger partial charge >= 0.3 is 0 Å². The first-order valence-electron chi connectivity index (χ1n) is 3.72. The molecular formula is C8H15N2O+. The highest BCUT2D eigenvalue weighted by Gasteiger charge is 1.95. The van der Waals surface area contributed by atoms with E-state index in [-0.39, 0.29) is 0 Å². The molecule has 3 N–H and O–H groups in total. The zero-order valence-electron chi connectivity index (χ0n) is 6.99. The Hall–Kier alpha value is -1.09. The summed E-state index contributed by atoms with van der Waals surface area (Å²) in [4.78, 5) is 0. The molecule has 0 aliphatic carbocycles. The maximum Gasteiger partial charge on any atom is 0.226 e. The smallest absolute Gasteiger partial charge is 0.226 e. The summed E-state index contributed by atoms with van der Waals surface area (Å²) in [5, 5.41) is 8.81. The summed E-state index contributed by atoms with van der Waals surface area (Å²) in [6, 6.07) is 3.59. The Balaban J connectivity index is 0.000000461. The van der Waals surface area contributed by atoms with Crippen LogP contribution in [-0.4, -0.2) is 5.21 Å². The number of nitrogens with two attached hydrogens (primary N) is 1. The molecule has 0 spiro atoms. The predicted octanol–water partition coefficient (Wildman–Crippen LogP) is 0.696. The topological polar surface area (TPSA) is 50.1 Å². The van der Waals surface area contributed by atoms with E-state index < -0.39 is 0 Å². The van der Waals surface area contributed by atoms with Crippen molar-refractivity contribution in [2.24, 2.45) is 5.73 Å². The molecule has 11 heavy (non-hydrogen) atoms. The van der Waals surface area contributed by atoms with Gasteiger partial charge in [0, 0.05) is 22.9 Å². The van der Waals surface area contributed by atoms with E-state index in [1.165, 1.54) is 0 Å². The SMILES string of the molecule is CC.NCc1ccc[n+](O)c1. The lowest BCUT2D eigenvalue weighted by molar-refractivity contribution is -0.905. The van der Waals surface area contributed by atoms with Crippen LogP contribution in [0.15, 0.2) is 24.5 Å². The van der Waals surface area contributed by atoms with Gasteiger partial charge in [-0.15, -0.1) is 0 Å². The molecule has 1 aromatic heterocycles. The van der Waals surface area contributed by atoms with Gasteiger partial charge in [0.1, 0.15) is 0 Å². The number of hydrogen-bond acceptors (Lipinski definition) is 2. The second-order valence-corrected chi connectivity index (χ2v) is 1.80. The molecule has 1 heterocycles. The van der Waals surface area contributed by atoms with Crippen molar-refractivity contribution in [3.05, 3.63) is 30.1 Å². The molecule has 0 bridgehead atoms. The Labute approximate surface area is 67.0 Å². The Morgan fingerprint density at radius 1 is 1.55 bits per heavy atom. The lowest BCUT2D eigenvalue weighted by Gasteiger charge is -1.87. The highest BCUT2D eigenvalue weighted by atomic mass is 16.5. The Bertz CT molecular complexity index is 201. The molecule has 0 atom stereocenters. The lowest BCUT2D eigenvalue weighted by Crippen LogP contribution is -2.29. The minimum atomic E-state index is 0.460. The summed E-state index contributed by atoms with van der Waals surface area (Å²) in [6.07, 6.45) is 3.11. The number of nitrogens with zero attached hydrogens (tertiary/aromatic N) is 1. The molecule has 62 valence electrons. The fraction of sp³-hybridized carbons (Fsp3) is 0.375. The average Bonchev–Trinajstić information content (AvgIpc) is 2.08. The third-order valence-corrected chi connectivity index (χ3v) is 1.08. The summed E-state index contributed by atoms with van der Waals surface area (Å²) in [7, 11) is 0. The van der Waals surface area contributed by atoms with Crippen LogP contribution in [0.4, 0.5) is 0 Å². The van der Waals surface area contributed by atoms with E-state index >= 15 is 0 Å². The van der Waals surface area contributed by atoms with Crippen molar-refractivity contribution in [2.75, 3.05) is 0 Å². The minimum Gasteiger partial charge on any atom is -0.326 e. The normalized spacial score (nSPS) is 8.27. The lowest BCUT2D eigenvalue weighted by atomic mass is 10.3. The van der Waals surface area contributed by atoms with Crippen LogP contribution >= 0.6 is 0 Å². The van der Waals surface area contributed by atoms with Crippen LogP contribution in [0.3, 0.4) is 0 Å². The molecule has 0 fully saturated rings. The molecule has 1 rings (SSSR count). The Morgan fingerprint density at radius 3 is 2.55 bits per heavy atom. The third kappa shape index (κ3) is 3.57. The summed E-state index contributed by atoms with van der Waals surface area (Å²) in [5.41, 5.74) is 6.21. The van der Waals surface area contributed by atoms with E-state index in [1.807, 2.05) is 19.9 Å². The molecule has 0 saturated carbocycles. The maximum atomic E-state index is 8.81. The van der Waals surface area contributed by atoms with Gasteiger partial charge in [-0.25, -0.2) is 0 Å². The zero-order valence-corrected chi connectivity index (χ0v) is 6.99. The summed E-state index contributed by atoms with van der Waals surface area (Å²) in [5.74, 6) is 0. The largest absolute Gasteiger partial charge is 0.326 e. The van der Waals surface area contributed by atoms with Crippen LogP contribution in [0.25, 0.3) is 0 Å². The minimum absolute atomic E-state index is 0.460. The predicted molar refractivity (Wildman–Crippen MR) is 43.1 cm³/mol. The first-order chi connectivity index (χ1) is 5.33. The Kier molecular flexibility index (Phi) is 5.11. The molecule has 0 aliphatic heterocycles. The Morgan fingerprint density at radius 2 is 2.18 bits per heavy atom. The van der Waals surface area contributed by atoms with Gasteiger partial charge in [0.05, 0.1) is 0 Å². The van der Waals surface area contributed by atoms with E-state index in [9.17, 15) is 0 Å². The van der Waals surface area contributed by atoms with Crippen molar-refractivity contribution in [1.82, 2.24) is 0 Å². The molecular weight excluding hydrogens is 140 g/mol. The first kappa shape index (κ1) is 9.91. The van der Waals surface area contributed by atoms with Gasteiger partial charge in [0.15, 0.2) is 0 Å². The van der Waals surface area contributed by atoms with Crippen molar-refractivity contribution in [3.63, 3.8) is 0 Å². The highest BCUT2D eigenvalue weighted by Crippen LogP contribution is 1.89. The van der Waals surface area contributed by atoms with E-state index in [2.05, 4.69) is 0 Å². The van der Waals surface area contributed by atoms with Crippen molar-refractivity contribution >= 4 is 0 Å². The van der Waals surface area contributed by atoms with Crippen LogP contribution in [0.1, 0.15) is 19.4 Å². The fourth-order valence-corrected chi connectivity index (χ4v) is 0.632. The number of hydrogen-bond donors (Lipinski definition) is 2. The molecule has 0 saturated heterocycles. The third-order valence-electron chi connectivity index (χ3n) is 1.08. The molecule has 0 aromatic carbocycles. The standard InChI is InChI=1S/C6H9N2O.C2H6/c7-4-6-2-1-3-8(9)5-6;1-2/h1-3,5,9H,4,7H2;1-2H3/q+1;. The number of pyridine rings is 1. The van der Waals surface area contributed by atoms with Gasteiger partial charge in [-0.3, -0.25) is 5.21 Å². The number of rotatable bonds is 1. The van der Waals surface area contributed by atoms with Crippen molar-refractivity contribution in [3.8, 4) is 0 Å². The van der Waals surface area contributed by atoms with Crippen molar-refractivity contribution in [2.45, 2.75) is 20.4 Å². The van der Waals surface area contributed by atoms with E-state index in [4.69, 9.17) is 10.9 Å².